The van der Waals surface area contributed by atoms with Crippen LogP contribution in [0.2, 0.25) is 0 Å². The number of aliphatic hydroxyl groups excluding tert-OH is 1. The zero-order valence-electron chi connectivity index (χ0n) is 22.2. The minimum atomic E-state index is -0.377. The van der Waals surface area contributed by atoms with Crippen LogP contribution in [0.5, 0.6) is 5.75 Å². The Bertz CT molecular complexity index is 1530. The Balaban J connectivity index is 1.50. The first-order valence-corrected chi connectivity index (χ1v) is 13.2. The Morgan fingerprint density at radius 3 is 2.75 bits per heavy atom. The Morgan fingerprint density at radius 1 is 1.20 bits per heavy atom. The summed E-state index contributed by atoms with van der Waals surface area (Å²) in [6, 6.07) is 14.3. The number of nitrogens with one attached hydrogen (secondary N) is 3. The molecule has 11 nitrogen and oxygen atoms in total. The highest BCUT2D eigenvalue weighted by molar-refractivity contribution is 6.06. The van der Waals surface area contributed by atoms with Crippen LogP contribution in [0.1, 0.15) is 24.5 Å². The van der Waals surface area contributed by atoms with E-state index in [1.54, 1.807) is 28.9 Å². The van der Waals surface area contributed by atoms with E-state index >= 15 is 0 Å². The van der Waals surface area contributed by atoms with Crippen molar-refractivity contribution in [3.05, 3.63) is 72.1 Å². The van der Waals surface area contributed by atoms with Crippen molar-refractivity contribution in [2.75, 3.05) is 37.0 Å². The lowest BCUT2D eigenvalue weighted by Gasteiger charge is -2.17. The number of hydrogen-bond donors (Lipinski definition) is 6. The summed E-state index contributed by atoms with van der Waals surface area (Å²) in [5.74, 6) is 0.505. The fourth-order valence-electron chi connectivity index (χ4n) is 4.66. The van der Waals surface area contributed by atoms with E-state index in [-0.39, 0.29) is 31.0 Å². The van der Waals surface area contributed by atoms with Gasteiger partial charge in [-0.2, -0.15) is 5.10 Å². The van der Waals surface area contributed by atoms with Gasteiger partial charge in [0.25, 0.3) is 0 Å². The van der Waals surface area contributed by atoms with Gasteiger partial charge in [0.2, 0.25) is 0 Å². The minimum absolute atomic E-state index is 0.122. The molecular weight excluding hydrogens is 510 g/mol. The number of aromatic hydroxyl groups is 1. The number of aryl methyl sites for hydroxylation is 1. The molecule has 40 heavy (non-hydrogen) atoms. The number of fused-ring (bicyclic) bond motifs is 1. The molecule has 0 unspecified atom stereocenters. The Morgan fingerprint density at radius 2 is 2.02 bits per heavy atom. The van der Waals surface area contributed by atoms with Gasteiger partial charge in [0.15, 0.2) is 0 Å². The van der Waals surface area contributed by atoms with Crippen LogP contribution in [-0.2, 0) is 11.2 Å². The normalized spacial score (nSPS) is 15.3. The monoisotopic (exact) mass is 543 g/mol. The number of carbonyl (C=O) groups is 1. The molecule has 2 aromatic heterocycles. The highest BCUT2D eigenvalue weighted by Crippen LogP contribution is 2.31. The quantitative estimate of drug-likeness (QED) is 0.139. The van der Waals surface area contributed by atoms with Gasteiger partial charge in [0.05, 0.1) is 47.9 Å². The van der Waals surface area contributed by atoms with E-state index in [0.29, 0.717) is 42.4 Å². The molecule has 0 aliphatic carbocycles. The predicted molar refractivity (Wildman–Crippen MR) is 155 cm³/mol. The van der Waals surface area contributed by atoms with E-state index in [4.69, 9.17) is 20.6 Å². The van der Waals surface area contributed by atoms with Crippen LogP contribution < -0.4 is 21.7 Å². The smallest absolute Gasteiger partial charge is 0.319 e. The molecule has 0 bridgehead atoms. The molecule has 1 aliphatic rings. The molecular formula is C29H33N7O4. The molecule has 0 radical (unpaired) electrons. The number of amidine groups is 1. The maximum Gasteiger partial charge on any atom is 0.319 e. The number of phenols is 1. The molecule has 1 saturated heterocycles. The Kier molecular flexibility index (Phi) is 8.13. The van der Waals surface area contributed by atoms with Gasteiger partial charge in [-0.05, 0) is 60.4 Å². The number of rotatable bonds is 9. The number of amides is 2. The first-order chi connectivity index (χ1) is 19.4. The van der Waals surface area contributed by atoms with Crippen molar-refractivity contribution in [2.24, 2.45) is 10.7 Å². The van der Waals surface area contributed by atoms with Gasteiger partial charge in [-0.1, -0.05) is 19.1 Å². The molecule has 1 fully saturated rings. The second-order valence-electron chi connectivity index (χ2n) is 9.54. The van der Waals surface area contributed by atoms with Crippen LogP contribution in [0.4, 0.5) is 21.9 Å². The summed E-state index contributed by atoms with van der Waals surface area (Å²) in [6.45, 7) is 3.35. The lowest BCUT2D eigenvalue weighted by molar-refractivity contribution is 0.195. The van der Waals surface area contributed by atoms with E-state index in [1.165, 1.54) is 0 Å². The molecule has 0 saturated carbocycles. The van der Waals surface area contributed by atoms with Crippen LogP contribution in [0.25, 0.3) is 16.6 Å². The van der Waals surface area contributed by atoms with Crippen molar-refractivity contribution >= 4 is 34.4 Å². The molecule has 7 N–H and O–H groups in total. The number of carbonyl (C=O) groups excluding carboxylic acids is 1. The third-order valence-corrected chi connectivity index (χ3v) is 6.75. The number of anilines is 2. The number of phenolic OH excluding ortho intramolecular Hbond substituents is 1. The summed E-state index contributed by atoms with van der Waals surface area (Å²) < 4.78 is 7.40. The molecule has 4 aromatic rings. The fraction of sp³-hybridized carbons (Fsp3) is 0.276. The fourth-order valence-corrected chi connectivity index (χ4v) is 4.66. The van der Waals surface area contributed by atoms with Gasteiger partial charge >= 0.3 is 6.03 Å². The van der Waals surface area contributed by atoms with Crippen molar-refractivity contribution in [1.29, 1.82) is 0 Å². The maximum absolute atomic E-state index is 11.9. The first-order valence-electron chi connectivity index (χ1n) is 13.2. The van der Waals surface area contributed by atoms with Crippen LogP contribution in [0, 0.1) is 0 Å². The largest absolute Gasteiger partial charge is 0.508 e. The van der Waals surface area contributed by atoms with Crippen molar-refractivity contribution in [3.8, 4) is 16.9 Å². The van der Waals surface area contributed by atoms with Crippen LogP contribution >= 0.6 is 0 Å². The number of urea groups is 1. The summed E-state index contributed by atoms with van der Waals surface area (Å²) in [7, 11) is 0. The summed E-state index contributed by atoms with van der Waals surface area (Å²) in [6.07, 6.45) is 5.22. The number of aromatic nitrogens is 2. The number of nitrogens with two attached hydrogens (primary N) is 1. The van der Waals surface area contributed by atoms with Gasteiger partial charge < -0.3 is 36.6 Å². The van der Waals surface area contributed by atoms with Gasteiger partial charge in [0, 0.05) is 30.6 Å². The lowest BCUT2D eigenvalue weighted by Crippen LogP contribution is -2.30. The van der Waals surface area contributed by atoms with Crippen LogP contribution in [-0.4, -0.2) is 64.1 Å². The molecule has 208 valence electrons. The summed E-state index contributed by atoms with van der Waals surface area (Å²) in [5.41, 5.74) is 13.0. The second kappa shape index (κ2) is 12.1. The van der Waals surface area contributed by atoms with E-state index in [0.717, 1.165) is 34.3 Å². The van der Waals surface area contributed by atoms with Gasteiger partial charge in [-0.3, -0.25) is 0 Å². The van der Waals surface area contributed by atoms with Gasteiger partial charge in [-0.25, -0.2) is 14.3 Å². The number of benzene rings is 2. The lowest BCUT2D eigenvalue weighted by atomic mass is 10.1. The summed E-state index contributed by atoms with van der Waals surface area (Å²) in [4.78, 5) is 16.6. The average molecular weight is 544 g/mol. The highest BCUT2D eigenvalue weighted by Gasteiger charge is 2.21. The summed E-state index contributed by atoms with van der Waals surface area (Å²) in [5, 5.41) is 32.3. The van der Waals surface area contributed by atoms with Crippen LogP contribution in [0.15, 0.2) is 65.9 Å². The average Bonchev–Trinajstić information content (AvgIpc) is 3.63. The zero-order chi connectivity index (χ0) is 28.1. The Labute approximate surface area is 231 Å². The van der Waals surface area contributed by atoms with E-state index < -0.39 is 0 Å². The second-order valence-corrected chi connectivity index (χ2v) is 9.54. The van der Waals surface area contributed by atoms with Crippen LogP contribution in [0.3, 0.4) is 0 Å². The molecule has 11 heteroatoms. The molecule has 2 amide bonds. The van der Waals surface area contributed by atoms with Crippen molar-refractivity contribution in [3.63, 3.8) is 0 Å². The highest BCUT2D eigenvalue weighted by atomic mass is 16.5. The number of aliphatic imine (C=N–C) groups is 1. The molecule has 0 spiro atoms. The van der Waals surface area contributed by atoms with Crippen molar-refractivity contribution < 1.29 is 19.7 Å². The van der Waals surface area contributed by atoms with E-state index in [9.17, 15) is 9.90 Å². The molecule has 3 heterocycles. The topological polar surface area (TPSA) is 159 Å². The zero-order valence-corrected chi connectivity index (χ0v) is 22.2. The Hall–Kier alpha value is -4.61. The van der Waals surface area contributed by atoms with E-state index in [1.807, 2.05) is 43.5 Å². The third-order valence-electron chi connectivity index (χ3n) is 6.75. The number of aliphatic hydroxyl groups is 1. The number of hydrogen-bond acceptors (Lipinski definition) is 7. The first kappa shape index (κ1) is 27.0. The standard InChI is InChI=1S/C29H33N7O4/c1-2-18-13-23(38)7-8-25(18)35-28(30)24-15-32-36-16-20(14-26(36)27(24)33-22-9-12-40-17-22)19-3-5-21(6-4-19)34-29(39)31-10-11-37/h3-8,13-16,22,33,37-38H,2,9-12,17H2,1H3,(H2,30,35)(H2,31,34,39)/t22-/m0/s1. The van der Waals surface area contributed by atoms with Gasteiger partial charge in [-0.15, -0.1) is 0 Å². The van der Waals surface area contributed by atoms with Crippen molar-refractivity contribution in [2.45, 2.75) is 25.8 Å². The third kappa shape index (κ3) is 6.00. The van der Waals surface area contributed by atoms with Crippen molar-refractivity contribution in [1.82, 2.24) is 14.9 Å². The maximum atomic E-state index is 11.9. The molecule has 1 atom stereocenters. The number of nitrogens with zero attached hydrogens (tertiary/aromatic N) is 3. The van der Waals surface area contributed by atoms with Gasteiger partial charge in [0.1, 0.15) is 11.6 Å². The molecule has 1 aliphatic heterocycles. The van der Waals surface area contributed by atoms with E-state index in [2.05, 4.69) is 21.0 Å². The number of ether oxygens (including phenoxy) is 1. The summed E-state index contributed by atoms with van der Waals surface area (Å²) >= 11 is 0. The molecule has 2 aromatic carbocycles. The SMILES string of the molecule is CCc1cc(O)ccc1/N=C(\N)c1cnn2cc(-c3ccc(NC(=O)NCCO)cc3)cc2c1N[C@H]1CCOC1. The predicted octanol–water partition coefficient (Wildman–Crippen LogP) is 3.62. The minimum Gasteiger partial charge on any atom is -0.508 e. The molecule has 5 rings (SSSR count).